The van der Waals surface area contributed by atoms with Crippen molar-refractivity contribution in [2.45, 2.75) is 145 Å². The Balaban J connectivity index is 1.40. The SMILES string of the molecule is CC(=O)O[C@@H]1CC[C@@]2(C)[C@H](CC[C@]3(C)[C@@H]2CC[C@@H]2[C@H]4[C@H](C(C)C)CC[C@]4(CCOC(=O)CCC(=O)O)CC[C@]23C)C1(C)C. The monoisotopic (exact) mass is 600 g/mol. The number of carboxylic acid groups (broad SMARTS) is 1. The van der Waals surface area contributed by atoms with Gasteiger partial charge in [-0.15, -0.1) is 0 Å². The van der Waals surface area contributed by atoms with Crippen LogP contribution in [-0.2, 0) is 23.9 Å². The molecule has 5 saturated carbocycles. The molecular formula is C37H60O6. The van der Waals surface area contributed by atoms with Crippen LogP contribution in [0.25, 0.3) is 0 Å². The third-order valence-electron chi connectivity index (χ3n) is 15.2. The largest absolute Gasteiger partial charge is 0.481 e. The summed E-state index contributed by atoms with van der Waals surface area (Å²) >= 11 is 0. The molecule has 0 saturated heterocycles. The molecule has 6 heteroatoms. The van der Waals surface area contributed by atoms with Crippen LogP contribution in [-0.4, -0.2) is 35.7 Å². The van der Waals surface area contributed by atoms with Gasteiger partial charge >= 0.3 is 17.9 Å². The Bertz CT molecular complexity index is 1100. The van der Waals surface area contributed by atoms with E-state index in [0.29, 0.717) is 42.1 Å². The average Bonchev–Trinajstić information content (AvgIpc) is 3.29. The summed E-state index contributed by atoms with van der Waals surface area (Å²) in [6.07, 6.45) is 12.9. The van der Waals surface area contributed by atoms with Crippen LogP contribution in [0, 0.1) is 62.6 Å². The number of aliphatic carboxylic acids is 1. The molecule has 6 nitrogen and oxygen atoms in total. The van der Waals surface area contributed by atoms with Gasteiger partial charge in [0, 0.05) is 12.3 Å². The van der Waals surface area contributed by atoms with Crippen molar-refractivity contribution in [3.63, 3.8) is 0 Å². The standard InChI is InChI=1S/C37H60O6/c1-23(2)25-13-18-37(21-22-42-31(41)12-11-30(39)40)20-19-35(7)26(32(25)37)9-10-28-34(6)16-15-29(43-24(3)38)33(4,5)27(34)14-17-36(28,35)8/h23,25-29,32H,9-22H2,1-8H3,(H,39,40)/t25-,26+,27+,28+,29+,32+,34-,35+,36+,37+/m0/s1. The van der Waals surface area contributed by atoms with E-state index in [-0.39, 0.29) is 58.0 Å². The lowest BCUT2D eigenvalue weighted by Gasteiger charge is -2.73. The van der Waals surface area contributed by atoms with Gasteiger partial charge < -0.3 is 14.6 Å². The lowest BCUT2D eigenvalue weighted by molar-refractivity contribution is -0.252. The van der Waals surface area contributed by atoms with E-state index in [4.69, 9.17) is 14.6 Å². The molecule has 0 aromatic heterocycles. The molecule has 0 amide bonds. The highest BCUT2D eigenvalue weighted by Crippen LogP contribution is 2.78. The van der Waals surface area contributed by atoms with Gasteiger partial charge in [0.1, 0.15) is 6.10 Å². The van der Waals surface area contributed by atoms with Crippen LogP contribution in [0.3, 0.4) is 0 Å². The molecule has 5 fully saturated rings. The summed E-state index contributed by atoms with van der Waals surface area (Å²) in [4.78, 5) is 35.2. The molecule has 0 aromatic rings. The van der Waals surface area contributed by atoms with Crippen molar-refractivity contribution in [3.8, 4) is 0 Å². The van der Waals surface area contributed by atoms with Gasteiger partial charge in [0.15, 0.2) is 0 Å². The van der Waals surface area contributed by atoms with Crippen molar-refractivity contribution in [2.75, 3.05) is 6.61 Å². The zero-order chi connectivity index (χ0) is 31.6. The molecule has 5 aliphatic carbocycles. The van der Waals surface area contributed by atoms with Gasteiger partial charge in [-0.2, -0.15) is 0 Å². The highest BCUT2D eigenvalue weighted by molar-refractivity contribution is 5.76. The van der Waals surface area contributed by atoms with Gasteiger partial charge in [-0.05, 0) is 128 Å². The lowest BCUT2D eigenvalue weighted by atomic mass is 9.32. The van der Waals surface area contributed by atoms with Gasteiger partial charge in [-0.3, -0.25) is 14.4 Å². The topological polar surface area (TPSA) is 89.9 Å². The fourth-order valence-corrected chi connectivity index (χ4v) is 13.0. The first-order chi connectivity index (χ1) is 20.0. The number of ether oxygens (including phenoxy) is 2. The van der Waals surface area contributed by atoms with Gasteiger partial charge in [-0.25, -0.2) is 0 Å². The fourth-order valence-electron chi connectivity index (χ4n) is 13.0. The number of hydrogen-bond acceptors (Lipinski definition) is 5. The first-order valence-electron chi connectivity index (χ1n) is 17.6. The van der Waals surface area contributed by atoms with Crippen molar-refractivity contribution in [1.29, 1.82) is 0 Å². The molecule has 0 bridgehead atoms. The second-order valence-corrected chi connectivity index (χ2v) is 17.3. The van der Waals surface area contributed by atoms with E-state index in [1.165, 1.54) is 51.4 Å². The van der Waals surface area contributed by atoms with Crippen LogP contribution in [0.4, 0.5) is 0 Å². The normalized spacial score (nSPS) is 44.9. The molecule has 1 N–H and O–H groups in total. The summed E-state index contributed by atoms with van der Waals surface area (Å²) in [6.45, 7) is 19.5. The first kappa shape index (κ1) is 32.8. The Labute approximate surface area is 260 Å². The summed E-state index contributed by atoms with van der Waals surface area (Å²) in [5.41, 5.74) is 1.03. The van der Waals surface area contributed by atoms with E-state index in [1.54, 1.807) is 6.92 Å². The van der Waals surface area contributed by atoms with E-state index >= 15 is 0 Å². The van der Waals surface area contributed by atoms with Crippen molar-refractivity contribution in [3.05, 3.63) is 0 Å². The molecule has 0 unspecified atom stereocenters. The zero-order valence-electron chi connectivity index (χ0n) is 28.4. The van der Waals surface area contributed by atoms with Crippen LogP contribution >= 0.6 is 0 Å². The molecule has 0 spiro atoms. The highest BCUT2D eigenvalue weighted by atomic mass is 16.5. The molecule has 0 heterocycles. The van der Waals surface area contributed by atoms with Gasteiger partial charge in [-0.1, -0.05) is 48.5 Å². The van der Waals surface area contributed by atoms with Crippen LogP contribution in [0.1, 0.15) is 139 Å². The van der Waals surface area contributed by atoms with Crippen LogP contribution in [0.5, 0.6) is 0 Å². The Kier molecular flexibility index (Phi) is 8.64. The van der Waals surface area contributed by atoms with E-state index in [2.05, 4.69) is 48.5 Å². The quantitative estimate of drug-likeness (QED) is 0.281. The van der Waals surface area contributed by atoms with E-state index in [0.717, 1.165) is 19.3 Å². The maximum Gasteiger partial charge on any atom is 0.306 e. The highest BCUT2D eigenvalue weighted by Gasteiger charge is 2.71. The smallest absolute Gasteiger partial charge is 0.306 e. The number of carbonyl (C=O) groups is 3. The van der Waals surface area contributed by atoms with E-state index in [1.807, 2.05) is 0 Å². The second kappa shape index (κ2) is 11.3. The van der Waals surface area contributed by atoms with Crippen molar-refractivity contribution in [1.82, 2.24) is 0 Å². The Hall–Kier alpha value is -1.59. The number of fused-ring (bicyclic) bond motifs is 7. The summed E-state index contributed by atoms with van der Waals surface area (Å²) in [7, 11) is 0. The minimum Gasteiger partial charge on any atom is -0.481 e. The summed E-state index contributed by atoms with van der Waals surface area (Å²) < 4.78 is 11.6. The molecule has 244 valence electrons. The maximum atomic E-state index is 12.3. The molecule has 0 aliphatic heterocycles. The van der Waals surface area contributed by atoms with Gasteiger partial charge in [0.05, 0.1) is 19.4 Å². The number of rotatable bonds is 8. The zero-order valence-corrected chi connectivity index (χ0v) is 28.4. The Morgan fingerprint density at radius 3 is 2.19 bits per heavy atom. The van der Waals surface area contributed by atoms with E-state index in [9.17, 15) is 14.4 Å². The maximum absolute atomic E-state index is 12.3. The van der Waals surface area contributed by atoms with Crippen molar-refractivity contribution >= 4 is 17.9 Å². The summed E-state index contributed by atoms with van der Waals surface area (Å²) in [5.74, 6) is 2.45. The minimum atomic E-state index is -0.953. The molecule has 5 aliphatic rings. The molecule has 10 atom stereocenters. The third-order valence-corrected chi connectivity index (χ3v) is 15.2. The predicted molar refractivity (Wildman–Crippen MR) is 167 cm³/mol. The fraction of sp³-hybridized carbons (Fsp3) is 0.919. The number of hydrogen-bond donors (Lipinski definition) is 1. The molecule has 5 rings (SSSR count). The predicted octanol–water partition coefficient (Wildman–Crippen LogP) is 8.45. The van der Waals surface area contributed by atoms with Crippen LogP contribution < -0.4 is 0 Å². The molecule has 0 aromatic carbocycles. The molecular weight excluding hydrogens is 540 g/mol. The Morgan fingerprint density at radius 1 is 0.814 bits per heavy atom. The Morgan fingerprint density at radius 2 is 1.53 bits per heavy atom. The van der Waals surface area contributed by atoms with Crippen LogP contribution in [0.2, 0.25) is 0 Å². The van der Waals surface area contributed by atoms with Gasteiger partial charge in [0.2, 0.25) is 0 Å². The number of esters is 2. The van der Waals surface area contributed by atoms with Crippen molar-refractivity contribution < 1.29 is 29.0 Å². The van der Waals surface area contributed by atoms with E-state index < -0.39 is 5.97 Å². The summed E-state index contributed by atoms with van der Waals surface area (Å²) in [6, 6.07) is 0. The second-order valence-electron chi connectivity index (χ2n) is 17.3. The van der Waals surface area contributed by atoms with Crippen molar-refractivity contribution in [2.24, 2.45) is 62.6 Å². The third kappa shape index (κ3) is 5.17. The number of carbonyl (C=O) groups excluding carboxylic acids is 2. The van der Waals surface area contributed by atoms with Gasteiger partial charge in [0.25, 0.3) is 0 Å². The molecule has 0 radical (unpaired) electrons. The molecule has 43 heavy (non-hydrogen) atoms. The summed E-state index contributed by atoms with van der Waals surface area (Å²) in [5, 5.41) is 8.96. The average molecular weight is 601 g/mol. The van der Waals surface area contributed by atoms with Crippen LogP contribution in [0.15, 0.2) is 0 Å². The lowest BCUT2D eigenvalue weighted by Crippen LogP contribution is -2.66. The first-order valence-corrected chi connectivity index (χ1v) is 17.6. The number of carboxylic acids is 1. The minimum absolute atomic E-state index is 0.0122.